The Balaban J connectivity index is 2.15. The van der Waals surface area contributed by atoms with Gasteiger partial charge in [0.05, 0.1) is 11.4 Å². The zero-order valence-corrected chi connectivity index (χ0v) is 18.0. The fraction of sp³-hybridized carbons (Fsp3) is 0.619. The van der Waals surface area contributed by atoms with E-state index in [0.717, 1.165) is 28.8 Å². The summed E-state index contributed by atoms with van der Waals surface area (Å²) in [5.41, 5.74) is 9.85. The first kappa shape index (κ1) is 18.3. The van der Waals surface area contributed by atoms with Crippen LogP contribution < -0.4 is 10.4 Å². The molecule has 4 rings (SSSR count). The van der Waals surface area contributed by atoms with Crippen molar-refractivity contribution in [1.82, 2.24) is 25.0 Å². The molecule has 0 saturated carbocycles. The number of rotatable bonds is 3. The maximum Gasteiger partial charge on any atom is 0.165 e. The predicted octanol–water partition coefficient (Wildman–Crippen LogP) is 4.48. The molecular formula is C21H32N6. The second-order valence-corrected chi connectivity index (χ2v) is 8.90. The van der Waals surface area contributed by atoms with E-state index >= 15 is 0 Å². The second kappa shape index (κ2) is 5.96. The van der Waals surface area contributed by atoms with Crippen molar-refractivity contribution in [3.8, 4) is 5.82 Å². The summed E-state index contributed by atoms with van der Waals surface area (Å²) in [6.07, 6.45) is 0. The third kappa shape index (κ3) is 2.35. The third-order valence-corrected chi connectivity index (χ3v) is 5.81. The maximum absolute atomic E-state index is 4.98. The number of aryl methyl sites for hydroxylation is 2. The molecule has 0 spiro atoms. The Kier molecular flexibility index (Phi) is 4.04. The first-order valence-corrected chi connectivity index (χ1v) is 10.1. The molecule has 0 bridgehead atoms. The number of nitrogens with zero attached hydrogens (tertiary/aromatic N) is 5. The Morgan fingerprint density at radius 2 is 1.30 bits per heavy atom. The average Bonchev–Trinajstić information content (AvgIpc) is 3.16. The summed E-state index contributed by atoms with van der Waals surface area (Å²) in [5.74, 6) is 4.63. The lowest BCUT2D eigenvalue weighted by Crippen LogP contribution is -2.41. The molecule has 2 aromatic heterocycles. The van der Waals surface area contributed by atoms with Gasteiger partial charge in [-0.25, -0.2) is 10.4 Å². The molecule has 27 heavy (non-hydrogen) atoms. The number of fused-ring (bicyclic) bond motifs is 6. The van der Waals surface area contributed by atoms with Crippen molar-refractivity contribution in [2.75, 3.05) is 5.01 Å². The van der Waals surface area contributed by atoms with Crippen molar-refractivity contribution in [3.05, 3.63) is 28.1 Å². The summed E-state index contributed by atoms with van der Waals surface area (Å²) in [6.45, 7) is 20.0. The van der Waals surface area contributed by atoms with Gasteiger partial charge in [-0.3, -0.25) is 0 Å². The van der Waals surface area contributed by atoms with Gasteiger partial charge in [0.15, 0.2) is 17.5 Å². The fourth-order valence-electron chi connectivity index (χ4n) is 4.90. The van der Waals surface area contributed by atoms with E-state index in [9.17, 15) is 0 Å². The van der Waals surface area contributed by atoms with Crippen LogP contribution in [-0.2, 0) is 0 Å². The quantitative estimate of drug-likeness (QED) is 0.868. The molecule has 0 saturated heterocycles. The van der Waals surface area contributed by atoms with Crippen molar-refractivity contribution in [3.63, 3.8) is 0 Å². The van der Waals surface area contributed by atoms with Crippen LogP contribution in [-0.4, -0.2) is 25.6 Å². The van der Waals surface area contributed by atoms with E-state index in [1.165, 1.54) is 16.7 Å². The molecule has 1 atom stereocenters. The molecule has 146 valence electrons. The van der Waals surface area contributed by atoms with Gasteiger partial charge < -0.3 is 0 Å². The summed E-state index contributed by atoms with van der Waals surface area (Å²) in [7, 11) is 0. The molecule has 0 aliphatic carbocycles. The highest BCUT2D eigenvalue weighted by Crippen LogP contribution is 2.45. The molecule has 1 unspecified atom stereocenters. The molecule has 0 radical (unpaired) electrons. The van der Waals surface area contributed by atoms with E-state index in [1.54, 1.807) is 0 Å². The Morgan fingerprint density at radius 3 is 1.81 bits per heavy atom. The number of anilines is 1. The lowest BCUT2D eigenvalue weighted by atomic mass is 9.97. The van der Waals surface area contributed by atoms with Gasteiger partial charge in [-0.2, -0.15) is 19.6 Å². The molecule has 2 aromatic rings. The first-order chi connectivity index (χ1) is 12.6. The van der Waals surface area contributed by atoms with Gasteiger partial charge in [0, 0.05) is 17.2 Å². The molecular weight excluding hydrogens is 336 g/mol. The summed E-state index contributed by atoms with van der Waals surface area (Å²) < 4.78 is 4.24. The highest BCUT2D eigenvalue weighted by atomic mass is 15.7. The van der Waals surface area contributed by atoms with Crippen molar-refractivity contribution in [2.45, 2.75) is 80.2 Å². The van der Waals surface area contributed by atoms with Crippen LogP contribution in [0.25, 0.3) is 11.6 Å². The number of aromatic nitrogens is 4. The zero-order chi connectivity index (χ0) is 19.8. The van der Waals surface area contributed by atoms with Gasteiger partial charge in [0.2, 0.25) is 0 Å². The minimum atomic E-state index is 0.265. The SMILES string of the molecule is Cc1nn2c(c1C(C)C)-n1nc(C)c(C(C)C)c1N1NC(C)C(C(C)C)=C12. The molecule has 2 aliphatic heterocycles. The molecule has 6 heteroatoms. The minimum Gasteiger partial charge on any atom is -0.241 e. The lowest BCUT2D eigenvalue weighted by molar-refractivity contribution is 0.592. The largest absolute Gasteiger partial charge is 0.241 e. The van der Waals surface area contributed by atoms with E-state index < -0.39 is 0 Å². The van der Waals surface area contributed by atoms with Gasteiger partial charge >= 0.3 is 0 Å². The standard InChI is InChI=1S/C21H32N6/c1-10(2)16-13(7)22-25-19(16)26-21(17(11(3)4)14(8)23-26)27-20(25)18(12(5)6)15(9)24-27/h10-13,22H,1-9H3. The minimum absolute atomic E-state index is 0.265. The highest BCUT2D eigenvalue weighted by molar-refractivity contribution is 5.80. The molecule has 0 amide bonds. The Labute approximate surface area is 162 Å². The molecule has 0 fully saturated rings. The van der Waals surface area contributed by atoms with Gasteiger partial charge in [0.1, 0.15) is 0 Å². The van der Waals surface area contributed by atoms with Crippen LogP contribution in [0.4, 0.5) is 5.82 Å². The van der Waals surface area contributed by atoms with Gasteiger partial charge in [-0.15, -0.1) is 0 Å². The smallest absolute Gasteiger partial charge is 0.165 e. The van der Waals surface area contributed by atoms with Crippen molar-refractivity contribution in [1.29, 1.82) is 0 Å². The Bertz CT molecular complexity index is 941. The predicted molar refractivity (Wildman–Crippen MR) is 110 cm³/mol. The fourth-order valence-corrected chi connectivity index (χ4v) is 4.90. The molecule has 6 nitrogen and oxygen atoms in total. The lowest BCUT2D eigenvalue weighted by Gasteiger charge is -2.31. The summed E-state index contributed by atoms with van der Waals surface area (Å²) in [4.78, 5) is 0. The van der Waals surface area contributed by atoms with Crippen LogP contribution in [0.5, 0.6) is 0 Å². The highest BCUT2D eigenvalue weighted by Gasteiger charge is 2.42. The summed E-state index contributed by atoms with van der Waals surface area (Å²) in [6, 6.07) is 0.265. The number of nitrogens with one attached hydrogen (secondary N) is 1. The number of hydrogen-bond donors (Lipinski definition) is 1. The van der Waals surface area contributed by atoms with Crippen LogP contribution >= 0.6 is 0 Å². The molecule has 1 N–H and O–H groups in total. The van der Waals surface area contributed by atoms with E-state index in [2.05, 4.69) is 82.1 Å². The third-order valence-electron chi connectivity index (χ3n) is 5.81. The monoisotopic (exact) mass is 368 g/mol. The Morgan fingerprint density at radius 1 is 0.778 bits per heavy atom. The average molecular weight is 369 g/mol. The van der Waals surface area contributed by atoms with Crippen LogP contribution in [0, 0.1) is 19.8 Å². The van der Waals surface area contributed by atoms with Crippen LogP contribution in [0.15, 0.2) is 5.57 Å². The Hall–Kier alpha value is -2.08. The normalized spacial score (nSPS) is 18.8. The summed E-state index contributed by atoms with van der Waals surface area (Å²) >= 11 is 0. The van der Waals surface area contributed by atoms with Crippen LogP contribution in [0.2, 0.25) is 0 Å². The second-order valence-electron chi connectivity index (χ2n) is 8.90. The van der Waals surface area contributed by atoms with Gasteiger partial charge in [-0.1, -0.05) is 41.5 Å². The topological polar surface area (TPSA) is 50.9 Å². The van der Waals surface area contributed by atoms with Crippen LogP contribution in [0.1, 0.15) is 82.8 Å². The molecule has 2 aliphatic rings. The van der Waals surface area contributed by atoms with Gasteiger partial charge in [0.25, 0.3) is 0 Å². The van der Waals surface area contributed by atoms with Crippen molar-refractivity contribution >= 4 is 11.6 Å². The van der Waals surface area contributed by atoms with Gasteiger partial charge in [-0.05, 0) is 44.1 Å². The first-order valence-electron chi connectivity index (χ1n) is 10.1. The summed E-state index contributed by atoms with van der Waals surface area (Å²) in [5, 5.41) is 12.2. The van der Waals surface area contributed by atoms with E-state index in [-0.39, 0.29) is 6.04 Å². The van der Waals surface area contributed by atoms with E-state index in [0.29, 0.717) is 17.8 Å². The maximum atomic E-state index is 4.98. The van der Waals surface area contributed by atoms with Crippen molar-refractivity contribution in [2.24, 2.45) is 5.92 Å². The molecule has 0 aromatic carbocycles. The zero-order valence-electron chi connectivity index (χ0n) is 18.0. The van der Waals surface area contributed by atoms with Crippen molar-refractivity contribution < 1.29 is 0 Å². The van der Waals surface area contributed by atoms with E-state index in [1.807, 2.05) is 0 Å². The number of hydrazine groups is 1. The molecule has 4 heterocycles. The van der Waals surface area contributed by atoms with Crippen LogP contribution in [0.3, 0.4) is 0 Å². The number of hydrogen-bond acceptors (Lipinski definition) is 4. The van der Waals surface area contributed by atoms with E-state index in [4.69, 9.17) is 10.2 Å².